The van der Waals surface area contributed by atoms with Crippen molar-refractivity contribution in [3.63, 3.8) is 0 Å². The van der Waals surface area contributed by atoms with Gasteiger partial charge in [-0.3, -0.25) is 0 Å². The van der Waals surface area contributed by atoms with E-state index in [0.717, 1.165) is 4.68 Å². The number of hydrogen-bond donors (Lipinski definition) is 1. The summed E-state index contributed by atoms with van der Waals surface area (Å²) in [5.74, 6) is 0.171. The van der Waals surface area contributed by atoms with E-state index >= 15 is 0 Å². The molecule has 0 fully saturated rings. The lowest BCUT2D eigenvalue weighted by atomic mass is 10.4. The first-order valence-electron chi connectivity index (χ1n) is 4.99. The van der Waals surface area contributed by atoms with Crippen LogP contribution in [-0.2, 0) is 7.05 Å². The number of imidazole rings is 1. The molecule has 0 saturated heterocycles. The van der Waals surface area contributed by atoms with Crippen molar-refractivity contribution in [3.8, 4) is 11.6 Å². The molecule has 0 bridgehead atoms. The van der Waals surface area contributed by atoms with E-state index in [-0.39, 0.29) is 23.2 Å². The van der Waals surface area contributed by atoms with Crippen LogP contribution in [0.15, 0.2) is 15.5 Å². The smallest absolute Gasteiger partial charge is 0.352 e. The highest BCUT2D eigenvalue weighted by molar-refractivity contribution is 5.66. The zero-order valence-electron chi connectivity index (χ0n) is 9.52. The second-order valence-electron chi connectivity index (χ2n) is 3.44. The van der Waals surface area contributed by atoms with E-state index in [0.29, 0.717) is 5.69 Å². The molecular formula is C8H8N8O2. The highest BCUT2D eigenvalue weighted by Crippen LogP contribution is 2.20. The van der Waals surface area contributed by atoms with Gasteiger partial charge in [0.05, 0.1) is 0 Å². The Morgan fingerprint density at radius 3 is 2.89 bits per heavy atom. The standard InChI is InChI=1S/C8H8N8O2/c1-9-7-13-12-6(18-7)4-5-11-14-15(2)8(17)16(5)3-10-4/h3H,1-2H3,(H,9,13). The Balaban J connectivity index is 2.24. The van der Waals surface area contributed by atoms with Gasteiger partial charge in [0.15, 0.2) is 11.3 Å². The molecule has 0 radical (unpaired) electrons. The molecule has 0 spiro atoms. The molecular weight excluding hydrogens is 240 g/mol. The summed E-state index contributed by atoms with van der Waals surface area (Å²) in [6.07, 6.45) is 1.34. The van der Waals surface area contributed by atoms with Gasteiger partial charge in [-0.2, -0.15) is 4.68 Å². The minimum absolute atomic E-state index is 0.171. The average molecular weight is 248 g/mol. The third-order valence-corrected chi connectivity index (χ3v) is 2.34. The number of nitrogens with zero attached hydrogens (tertiary/aromatic N) is 7. The fourth-order valence-electron chi connectivity index (χ4n) is 1.45. The molecule has 0 aromatic carbocycles. The zero-order chi connectivity index (χ0) is 12.7. The molecule has 18 heavy (non-hydrogen) atoms. The van der Waals surface area contributed by atoms with Crippen molar-refractivity contribution >= 4 is 11.7 Å². The summed E-state index contributed by atoms with van der Waals surface area (Å²) in [5, 5.41) is 17.8. The second kappa shape index (κ2) is 3.61. The maximum atomic E-state index is 11.7. The normalized spacial score (nSPS) is 11.0. The Labute approximate surface area is 99.3 Å². The fraction of sp³-hybridized carbons (Fsp3) is 0.250. The molecule has 0 aliphatic rings. The molecule has 0 atom stereocenters. The van der Waals surface area contributed by atoms with Crippen LogP contribution >= 0.6 is 0 Å². The van der Waals surface area contributed by atoms with Crippen LogP contribution in [0.3, 0.4) is 0 Å². The molecule has 0 unspecified atom stereocenters. The van der Waals surface area contributed by atoms with Crippen LogP contribution in [0.2, 0.25) is 0 Å². The van der Waals surface area contributed by atoms with Crippen LogP contribution < -0.4 is 11.0 Å². The van der Waals surface area contributed by atoms with E-state index in [1.54, 1.807) is 7.05 Å². The topological polar surface area (TPSA) is 116 Å². The predicted molar refractivity (Wildman–Crippen MR) is 58.9 cm³/mol. The third kappa shape index (κ3) is 1.35. The lowest BCUT2D eigenvalue weighted by Gasteiger charge is -1.95. The summed E-state index contributed by atoms with van der Waals surface area (Å²) >= 11 is 0. The number of rotatable bonds is 2. The first kappa shape index (κ1) is 10.4. The Kier molecular flexibility index (Phi) is 2.08. The summed E-state index contributed by atoms with van der Waals surface area (Å²) in [7, 11) is 3.15. The molecule has 10 heteroatoms. The van der Waals surface area contributed by atoms with Gasteiger partial charge in [-0.05, 0) is 0 Å². The summed E-state index contributed by atoms with van der Waals surface area (Å²) in [5.41, 5.74) is 0.228. The van der Waals surface area contributed by atoms with Gasteiger partial charge >= 0.3 is 11.7 Å². The number of aromatic nitrogens is 7. The Morgan fingerprint density at radius 2 is 2.17 bits per heavy atom. The maximum Gasteiger partial charge on any atom is 0.352 e. The quantitative estimate of drug-likeness (QED) is 0.608. The SMILES string of the molecule is CNc1nnc(-c2ncn3c(=O)n(C)nnc23)o1. The van der Waals surface area contributed by atoms with Crippen LogP contribution in [0, 0.1) is 0 Å². The van der Waals surface area contributed by atoms with E-state index in [4.69, 9.17) is 4.42 Å². The van der Waals surface area contributed by atoms with Crippen LogP contribution in [0.4, 0.5) is 6.01 Å². The second-order valence-corrected chi connectivity index (χ2v) is 3.44. The van der Waals surface area contributed by atoms with Gasteiger partial charge in [0.1, 0.15) is 6.33 Å². The van der Waals surface area contributed by atoms with Crippen LogP contribution in [0.25, 0.3) is 17.2 Å². The van der Waals surface area contributed by atoms with Gasteiger partial charge in [-0.15, -0.1) is 10.2 Å². The largest absolute Gasteiger partial charge is 0.402 e. The molecule has 0 saturated carbocycles. The monoisotopic (exact) mass is 248 g/mol. The van der Waals surface area contributed by atoms with Crippen molar-refractivity contribution in [3.05, 3.63) is 16.8 Å². The highest BCUT2D eigenvalue weighted by Gasteiger charge is 2.17. The van der Waals surface area contributed by atoms with Gasteiger partial charge in [0, 0.05) is 14.1 Å². The van der Waals surface area contributed by atoms with Crippen molar-refractivity contribution in [2.75, 3.05) is 12.4 Å². The van der Waals surface area contributed by atoms with Gasteiger partial charge in [0.25, 0.3) is 5.89 Å². The number of fused-ring (bicyclic) bond motifs is 1. The van der Waals surface area contributed by atoms with Crippen LogP contribution in [0.5, 0.6) is 0 Å². The summed E-state index contributed by atoms with van der Waals surface area (Å²) in [6, 6.07) is 0.253. The highest BCUT2D eigenvalue weighted by atomic mass is 16.4. The Hall–Kier alpha value is -2.78. The summed E-state index contributed by atoms with van der Waals surface area (Å²) in [6.45, 7) is 0. The molecule has 0 amide bonds. The van der Waals surface area contributed by atoms with Crippen LogP contribution in [0.1, 0.15) is 0 Å². The van der Waals surface area contributed by atoms with Gasteiger partial charge < -0.3 is 9.73 Å². The number of aryl methyl sites for hydroxylation is 1. The van der Waals surface area contributed by atoms with Crippen molar-refractivity contribution in [2.24, 2.45) is 7.05 Å². The molecule has 3 aromatic rings. The molecule has 0 aliphatic heterocycles. The fourth-order valence-corrected chi connectivity index (χ4v) is 1.45. The van der Waals surface area contributed by atoms with Crippen LogP contribution in [-0.4, -0.2) is 41.6 Å². The molecule has 3 aromatic heterocycles. The molecule has 3 rings (SSSR count). The number of nitrogens with one attached hydrogen (secondary N) is 1. The Morgan fingerprint density at radius 1 is 1.33 bits per heavy atom. The minimum atomic E-state index is -0.355. The first-order valence-corrected chi connectivity index (χ1v) is 4.99. The number of hydrogen-bond acceptors (Lipinski definition) is 8. The summed E-state index contributed by atoms with van der Waals surface area (Å²) in [4.78, 5) is 15.8. The molecule has 10 nitrogen and oxygen atoms in total. The average Bonchev–Trinajstić information content (AvgIpc) is 2.99. The predicted octanol–water partition coefficient (Wildman–Crippen LogP) is -1.09. The van der Waals surface area contributed by atoms with E-state index < -0.39 is 0 Å². The van der Waals surface area contributed by atoms with E-state index in [2.05, 4.69) is 30.8 Å². The van der Waals surface area contributed by atoms with Gasteiger partial charge in [0.2, 0.25) is 0 Å². The summed E-state index contributed by atoms with van der Waals surface area (Å²) < 4.78 is 7.63. The number of anilines is 1. The van der Waals surface area contributed by atoms with E-state index in [9.17, 15) is 4.79 Å². The molecule has 92 valence electrons. The first-order chi connectivity index (χ1) is 8.70. The van der Waals surface area contributed by atoms with Crippen molar-refractivity contribution in [1.82, 2.24) is 34.6 Å². The zero-order valence-corrected chi connectivity index (χ0v) is 9.52. The minimum Gasteiger partial charge on any atom is -0.402 e. The van der Waals surface area contributed by atoms with Gasteiger partial charge in [-0.1, -0.05) is 10.3 Å². The molecule has 0 aliphatic carbocycles. The van der Waals surface area contributed by atoms with E-state index in [1.165, 1.54) is 17.8 Å². The lowest BCUT2D eigenvalue weighted by molar-refractivity contribution is 0.582. The lowest BCUT2D eigenvalue weighted by Crippen LogP contribution is -2.26. The van der Waals surface area contributed by atoms with Crippen molar-refractivity contribution in [2.45, 2.75) is 0 Å². The van der Waals surface area contributed by atoms with Crippen molar-refractivity contribution in [1.29, 1.82) is 0 Å². The Bertz CT molecular complexity index is 769. The molecule has 3 heterocycles. The molecule has 1 N–H and O–H groups in total. The van der Waals surface area contributed by atoms with Gasteiger partial charge in [-0.25, -0.2) is 14.2 Å². The third-order valence-electron chi connectivity index (χ3n) is 2.34. The maximum absolute atomic E-state index is 11.7. The van der Waals surface area contributed by atoms with E-state index in [1.807, 2.05) is 0 Å². The van der Waals surface area contributed by atoms with Crippen molar-refractivity contribution < 1.29 is 4.42 Å².